The lowest BCUT2D eigenvalue weighted by Gasteiger charge is -2.12. The van der Waals surface area contributed by atoms with E-state index in [1.165, 1.54) is 6.07 Å². The first-order valence-electron chi connectivity index (χ1n) is 24.6. The van der Waals surface area contributed by atoms with E-state index >= 15 is 0 Å². The molecule has 0 spiro atoms. The lowest BCUT2D eigenvalue weighted by molar-refractivity contribution is 0.669. The minimum atomic E-state index is -0.734. The fraction of sp³-hybridized carbons (Fsp3) is 0.0208. The van der Waals surface area contributed by atoms with Crippen LogP contribution < -0.4 is 0 Å². The number of hydrogen-bond acceptors (Lipinski definition) is 4. The Morgan fingerprint density at radius 1 is 0.462 bits per heavy atom. The molecule has 52 heavy (non-hydrogen) atoms. The van der Waals surface area contributed by atoms with E-state index in [2.05, 4.69) is 15.0 Å². The number of aryl methyl sites for hydroxylation is 1. The third kappa shape index (κ3) is 5.04. The number of benzene rings is 8. The van der Waals surface area contributed by atoms with E-state index < -0.39 is 125 Å². The molecule has 0 saturated carbocycles. The maximum Gasteiger partial charge on any atom is 0.164 e. The zero-order chi connectivity index (χ0) is 49.4. The maximum absolute atomic E-state index is 9.45. The van der Waals surface area contributed by atoms with Crippen LogP contribution in [0.15, 0.2) is 174 Å². The molecule has 0 radical (unpaired) electrons. The third-order valence-corrected chi connectivity index (χ3v) is 8.83. The summed E-state index contributed by atoms with van der Waals surface area (Å²) in [6, 6.07) is 9.49. The van der Waals surface area contributed by atoms with Crippen LogP contribution in [0.3, 0.4) is 0 Å². The van der Waals surface area contributed by atoms with Crippen molar-refractivity contribution in [2.75, 3.05) is 0 Å². The van der Waals surface area contributed by atoms with Gasteiger partial charge in [0.25, 0.3) is 0 Å². The number of fused-ring (bicyclic) bond motifs is 6. The molecule has 4 nitrogen and oxygen atoms in total. The van der Waals surface area contributed by atoms with Crippen molar-refractivity contribution in [3.63, 3.8) is 0 Å². The number of hydrogen-bond donors (Lipinski definition) is 0. The molecule has 0 atom stereocenters. The highest BCUT2D eigenvalue weighted by Crippen LogP contribution is 2.40. The zero-order valence-electron chi connectivity index (χ0n) is 44.1. The van der Waals surface area contributed by atoms with E-state index in [1.807, 2.05) is 42.5 Å². The predicted octanol–water partition coefficient (Wildman–Crippen LogP) is 12.7. The van der Waals surface area contributed by atoms with E-state index in [-0.39, 0.29) is 55.8 Å². The van der Waals surface area contributed by atoms with Crippen LogP contribution in [-0.2, 0) is 0 Å². The van der Waals surface area contributed by atoms with Gasteiger partial charge in [0.05, 0.1) is 23.3 Å². The van der Waals surface area contributed by atoms with E-state index in [4.69, 9.17) is 19.5 Å². The molecule has 0 aliphatic rings. The van der Waals surface area contributed by atoms with Crippen LogP contribution in [0.5, 0.6) is 0 Å². The van der Waals surface area contributed by atoms with Crippen LogP contribution in [-0.4, -0.2) is 15.0 Å². The predicted molar refractivity (Wildman–Crippen MR) is 214 cm³/mol. The summed E-state index contributed by atoms with van der Waals surface area (Å²) in [6.07, 6.45) is 0. The highest BCUT2D eigenvalue weighted by atomic mass is 16.3. The Morgan fingerprint density at radius 3 is 1.81 bits per heavy atom. The van der Waals surface area contributed by atoms with Gasteiger partial charge in [0.15, 0.2) is 17.5 Å². The molecule has 0 bridgehead atoms. The summed E-state index contributed by atoms with van der Waals surface area (Å²) in [7, 11) is 0. The number of nitrogens with zero attached hydrogens (tertiary/aromatic N) is 3. The molecule has 0 saturated heterocycles. The second-order valence-corrected chi connectivity index (χ2v) is 11.9. The summed E-state index contributed by atoms with van der Waals surface area (Å²) in [5.41, 5.74) is -1.18. The average Bonchev–Trinajstić information content (AvgIpc) is 3.71. The molecule has 0 N–H and O–H groups in total. The average molecular weight is 683 g/mol. The van der Waals surface area contributed by atoms with Gasteiger partial charge in [-0.3, -0.25) is 0 Å². The summed E-state index contributed by atoms with van der Waals surface area (Å²) in [5, 5.41) is 3.30. The van der Waals surface area contributed by atoms with Gasteiger partial charge in [-0.2, -0.15) is 0 Å². The van der Waals surface area contributed by atoms with Crippen molar-refractivity contribution in [3.05, 3.63) is 175 Å². The molecule has 0 fully saturated rings. The van der Waals surface area contributed by atoms with Crippen molar-refractivity contribution in [2.24, 2.45) is 0 Å². The van der Waals surface area contributed by atoms with Gasteiger partial charge in [0.1, 0.15) is 11.2 Å². The summed E-state index contributed by atoms with van der Waals surface area (Å²) in [4.78, 5) is 13.7. The van der Waals surface area contributed by atoms with Crippen molar-refractivity contribution in [1.29, 1.82) is 0 Å². The zero-order valence-corrected chi connectivity index (χ0v) is 27.1. The fourth-order valence-corrected chi connectivity index (χ4v) is 6.48. The monoisotopic (exact) mass is 682 g/mol. The van der Waals surface area contributed by atoms with Crippen LogP contribution in [0.2, 0.25) is 0 Å². The lowest BCUT2D eigenvalue weighted by atomic mass is 9.93. The van der Waals surface area contributed by atoms with Gasteiger partial charge >= 0.3 is 0 Å². The molecule has 0 amide bonds. The van der Waals surface area contributed by atoms with E-state index in [1.54, 1.807) is 19.1 Å². The SMILES string of the molecule is [2H]c1cc([2H])c2oc3c([2H])c(-c4c([2H])c([2H])c([2H])c([2H])c4[2H])c(C)cc3c2c1-c1nc(-c2c([2H])c([2H])c([2H])c([2H])c2[2H])nc(-c2c([2H])c([2H])c(-c3cc4ccccc4c4ccccc34)c([2H])c2[2H])n1. The minimum absolute atomic E-state index is 0.00560. The fourth-order valence-electron chi connectivity index (χ4n) is 6.48. The highest BCUT2D eigenvalue weighted by Gasteiger charge is 2.19. The minimum Gasteiger partial charge on any atom is -0.456 e. The molecule has 8 aromatic carbocycles. The molecule has 10 aromatic rings. The van der Waals surface area contributed by atoms with Crippen LogP contribution >= 0.6 is 0 Å². The van der Waals surface area contributed by atoms with Crippen molar-refractivity contribution in [2.45, 2.75) is 6.92 Å². The second kappa shape index (κ2) is 12.1. The quantitative estimate of drug-likeness (QED) is 0.170. The third-order valence-electron chi connectivity index (χ3n) is 8.83. The smallest absolute Gasteiger partial charge is 0.164 e. The first-order chi connectivity index (χ1) is 32.7. The summed E-state index contributed by atoms with van der Waals surface area (Å²) in [6.45, 7) is 1.54. The Hall–Kier alpha value is -6.91. The summed E-state index contributed by atoms with van der Waals surface area (Å²) < 4.78 is 156. The van der Waals surface area contributed by atoms with E-state index in [0.717, 1.165) is 22.2 Å². The van der Waals surface area contributed by atoms with Crippen molar-refractivity contribution < 1.29 is 27.7 Å². The molecule has 0 unspecified atom stereocenters. The largest absolute Gasteiger partial charge is 0.456 e. The van der Waals surface area contributed by atoms with Gasteiger partial charge in [0, 0.05) is 27.5 Å². The molecule has 4 heteroatoms. The summed E-state index contributed by atoms with van der Waals surface area (Å²) in [5.74, 6) is -1.51. The van der Waals surface area contributed by atoms with Crippen molar-refractivity contribution >= 4 is 43.5 Å². The Labute approximate surface area is 324 Å². The first kappa shape index (κ1) is 17.3. The topological polar surface area (TPSA) is 51.8 Å². The van der Waals surface area contributed by atoms with Crippen LogP contribution in [0.25, 0.3) is 99.9 Å². The Kier molecular flexibility index (Phi) is 4.05. The first-order valence-corrected chi connectivity index (χ1v) is 16.1. The summed E-state index contributed by atoms with van der Waals surface area (Å²) >= 11 is 0. The lowest BCUT2D eigenvalue weighted by Crippen LogP contribution is -2.00. The van der Waals surface area contributed by atoms with Crippen LogP contribution in [0.1, 0.15) is 28.9 Å². The van der Waals surface area contributed by atoms with Crippen molar-refractivity contribution in [3.8, 4) is 56.4 Å². The molecule has 0 aliphatic heterocycles. The number of furan rings is 1. The molecular weight excluding hydrogens is 635 g/mol. The maximum atomic E-state index is 9.45. The van der Waals surface area contributed by atoms with Gasteiger partial charge in [-0.15, -0.1) is 0 Å². The van der Waals surface area contributed by atoms with Gasteiger partial charge in [-0.1, -0.05) is 145 Å². The normalized spacial score (nSPS) is 16.1. The van der Waals surface area contributed by atoms with Crippen LogP contribution in [0.4, 0.5) is 0 Å². The Morgan fingerprint density at radius 2 is 1.06 bits per heavy atom. The standard InChI is InChI=1S/C48H31N3O/c1-30-27-42-44(29-40(30)31-13-4-2-5-14-31)52-43-22-12-21-39(45(42)43)48-50-46(33-15-6-3-7-16-33)49-47(51-48)34-25-23-32(24-26-34)41-28-35-17-8-9-18-36(35)37-19-10-11-20-38(37)41/h2-29H,1H3/i2D,3D,4D,5D,6D,7D,13D,14D,15D,16D,21D,22D,23D,24D,25D,26D,29D. The van der Waals surface area contributed by atoms with Gasteiger partial charge < -0.3 is 4.42 Å². The van der Waals surface area contributed by atoms with Crippen LogP contribution in [0, 0.1) is 6.92 Å². The van der Waals surface area contributed by atoms with Gasteiger partial charge in [0.2, 0.25) is 0 Å². The van der Waals surface area contributed by atoms with E-state index in [9.17, 15) is 8.22 Å². The number of rotatable bonds is 5. The molecule has 244 valence electrons. The Bertz CT molecular complexity index is 3880. The van der Waals surface area contributed by atoms with Crippen molar-refractivity contribution in [1.82, 2.24) is 15.0 Å². The Balaban J connectivity index is 1.29. The second-order valence-electron chi connectivity index (χ2n) is 11.9. The molecule has 2 aromatic heterocycles. The molecular formula is C48H31N3O. The molecule has 2 heterocycles. The highest BCUT2D eigenvalue weighted by molar-refractivity contribution is 6.14. The number of aromatic nitrogens is 3. The molecule has 10 rings (SSSR count). The van der Waals surface area contributed by atoms with Gasteiger partial charge in [-0.25, -0.2) is 15.0 Å². The molecule has 0 aliphatic carbocycles. The van der Waals surface area contributed by atoms with E-state index in [0.29, 0.717) is 10.9 Å². The van der Waals surface area contributed by atoms with Gasteiger partial charge in [-0.05, 0) is 80.5 Å².